The molecule has 7 heteroatoms. The van der Waals surface area contributed by atoms with Crippen LogP contribution in [0, 0.1) is 0 Å². The first-order chi connectivity index (χ1) is 26.2. The van der Waals surface area contributed by atoms with Crippen LogP contribution in [0.4, 0.5) is 0 Å². The van der Waals surface area contributed by atoms with Gasteiger partial charge in [0.25, 0.3) is 5.56 Å². The lowest BCUT2D eigenvalue weighted by atomic mass is 10.0. The van der Waals surface area contributed by atoms with Gasteiger partial charge in [-0.15, -0.1) is 0 Å². The van der Waals surface area contributed by atoms with Crippen molar-refractivity contribution in [1.29, 1.82) is 0 Å². The summed E-state index contributed by atoms with van der Waals surface area (Å²) in [7, 11) is 0. The molecule has 0 saturated carbocycles. The molecule has 0 unspecified atom stereocenters. The van der Waals surface area contributed by atoms with Crippen LogP contribution in [0.25, 0.3) is 94.4 Å². The Morgan fingerprint density at radius 3 is 1.87 bits per heavy atom. The van der Waals surface area contributed by atoms with E-state index in [-0.39, 0.29) is 5.56 Å². The van der Waals surface area contributed by atoms with Crippen LogP contribution in [0.3, 0.4) is 0 Å². The van der Waals surface area contributed by atoms with Gasteiger partial charge in [0.05, 0.1) is 49.9 Å². The highest BCUT2D eigenvalue weighted by atomic mass is 16.1. The first-order valence-corrected chi connectivity index (χ1v) is 17.6. The Hall–Kier alpha value is -7.38. The molecular weight excluding hydrogens is 653 g/mol. The van der Waals surface area contributed by atoms with Crippen molar-refractivity contribution < 1.29 is 0 Å². The molecule has 11 rings (SSSR count). The second-order valence-electron chi connectivity index (χ2n) is 13.3. The molecule has 0 aliphatic rings. The van der Waals surface area contributed by atoms with E-state index in [1.807, 2.05) is 91.0 Å². The molecule has 0 radical (unpaired) electrons. The number of hydrogen-bond acceptors (Lipinski definition) is 4. The average molecular weight is 681 g/mol. The molecule has 0 saturated heterocycles. The normalized spacial score (nSPS) is 11.8. The molecule has 7 aromatic carbocycles. The van der Waals surface area contributed by atoms with Crippen molar-refractivity contribution in [3.63, 3.8) is 0 Å². The number of hydrogen-bond donors (Lipinski definition) is 0. The van der Waals surface area contributed by atoms with Crippen molar-refractivity contribution in [2.45, 2.75) is 0 Å². The molecule has 4 aromatic heterocycles. The third-order valence-corrected chi connectivity index (χ3v) is 10.3. The monoisotopic (exact) mass is 680 g/mol. The van der Waals surface area contributed by atoms with Crippen molar-refractivity contribution in [3.8, 4) is 34.0 Å². The quantitative estimate of drug-likeness (QED) is 0.186. The lowest BCUT2D eigenvalue weighted by Gasteiger charge is -2.12. The van der Waals surface area contributed by atoms with Crippen LogP contribution in [0.15, 0.2) is 175 Å². The lowest BCUT2D eigenvalue weighted by Crippen LogP contribution is -2.21. The molecule has 248 valence electrons. The molecule has 0 aliphatic carbocycles. The van der Waals surface area contributed by atoms with Crippen LogP contribution in [0.1, 0.15) is 0 Å². The molecule has 0 amide bonds. The Morgan fingerprint density at radius 1 is 0.396 bits per heavy atom. The fourth-order valence-electron chi connectivity index (χ4n) is 7.85. The molecule has 4 heterocycles. The van der Waals surface area contributed by atoms with Gasteiger partial charge in [0, 0.05) is 21.7 Å². The largest absolute Gasteiger partial charge is 0.278 e. The van der Waals surface area contributed by atoms with Gasteiger partial charge in [0.2, 0.25) is 11.7 Å². The number of benzene rings is 7. The van der Waals surface area contributed by atoms with Gasteiger partial charge in [-0.2, -0.15) is 0 Å². The van der Waals surface area contributed by atoms with E-state index in [4.69, 9.17) is 15.0 Å². The highest BCUT2D eigenvalue weighted by molar-refractivity contribution is 6.10. The van der Waals surface area contributed by atoms with E-state index in [9.17, 15) is 4.79 Å². The molecule has 0 atom stereocenters. The van der Waals surface area contributed by atoms with Crippen molar-refractivity contribution in [3.05, 3.63) is 180 Å². The molecule has 7 nitrogen and oxygen atoms in total. The van der Waals surface area contributed by atoms with Gasteiger partial charge < -0.3 is 0 Å². The third-order valence-electron chi connectivity index (χ3n) is 10.3. The Bertz CT molecular complexity index is 3310. The predicted octanol–water partition coefficient (Wildman–Crippen LogP) is 10.2. The van der Waals surface area contributed by atoms with Gasteiger partial charge in [-0.05, 0) is 71.8 Å². The second kappa shape index (κ2) is 11.3. The maximum Gasteiger partial charge on any atom is 0.267 e. The van der Waals surface area contributed by atoms with Crippen LogP contribution in [0.5, 0.6) is 0 Å². The van der Waals surface area contributed by atoms with Crippen LogP contribution in [-0.2, 0) is 0 Å². The topological polar surface area (TPSA) is 70.0 Å². The maximum atomic E-state index is 13.9. The highest BCUT2D eigenvalue weighted by Crippen LogP contribution is 2.37. The summed E-state index contributed by atoms with van der Waals surface area (Å²) in [6, 6.07) is 57.4. The molecular formula is C46H28N6O. The van der Waals surface area contributed by atoms with Gasteiger partial charge in [-0.3, -0.25) is 13.8 Å². The molecule has 0 spiro atoms. The summed E-state index contributed by atoms with van der Waals surface area (Å²) in [6.07, 6.45) is 0. The minimum Gasteiger partial charge on any atom is -0.278 e. The van der Waals surface area contributed by atoms with Crippen LogP contribution in [-0.4, -0.2) is 28.5 Å². The van der Waals surface area contributed by atoms with E-state index in [2.05, 4.69) is 87.8 Å². The van der Waals surface area contributed by atoms with Gasteiger partial charge in [-0.25, -0.2) is 19.5 Å². The van der Waals surface area contributed by atoms with Crippen LogP contribution in [0.2, 0.25) is 0 Å². The Labute approximate surface area is 302 Å². The average Bonchev–Trinajstić information content (AvgIpc) is 3.76. The molecule has 0 fully saturated rings. The smallest absolute Gasteiger partial charge is 0.267 e. The Kier molecular flexibility index (Phi) is 6.27. The van der Waals surface area contributed by atoms with E-state index >= 15 is 0 Å². The van der Waals surface area contributed by atoms with Crippen molar-refractivity contribution in [1.82, 2.24) is 28.5 Å². The zero-order chi connectivity index (χ0) is 35.0. The zero-order valence-corrected chi connectivity index (χ0v) is 28.3. The van der Waals surface area contributed by atoms with E-state index in [0.717, 1.165) is 77.3 Å². The summed E-state index contributed by atoms with van der Waals surface area (Å²) in [5.74, 6) is 1.21. The number of para-hydroxylation sites is 4. The Morgan fingerprint density at radius 2 is 1.04 bits per heavy atom. The van der Waals surface area contributed by atoms with Gasteiger partial charge in [0.1, 0.15) is 0 Å². The van der Waals surface area contributed by atoms with E-state index in [1.54, 1.807) is 4.57 Å². The molecule has 11 aromatic rings. The van der Waals surface area contributed by atoms with Gasteiger partial charge >= 0.3 is 0 Å². The summed E-state index contributed by atoms with van der Waals surface area (Å²) in [4.78, 5) is 29.3. The number of nitrogens with zero attached hydrogens (tertiary/aromatic N) is 6. The fourth-order valence-corrected chi connectivity index (χ4v) is 7.85. The van der Waals surface area contributed by atoms with Gasteiger partial charge in [0.15, 0.2) is 0 Å². The van der Waals surface area contributed by atoms with E-state index < -0.39 is 0 Å². The summed E-state index contributed by atoms with van der Waals surface area (Å²) in [6.45, 7) is 0. The third kappa shape index (κ3) is 4.41. The molecule has 0 aliphatic heterocycles. The van der Waals surface area contributed by atoms with Crippen LogP contribution < -0.4 is 5.56 Å². The number of aromatic nitrogens is 6. The SMILES string of the molecule is O=c1c2ccccc2n2c3cc(-c4ccc5c(c4)c4ccccc4n5-c4nc(-c5ccccc5)c5ccccc5n4)ccc3nc2n1-c1ccccc1. The zero-order valence-electron chi connectivity index (χ0n) is 28.3. The summed E-state index contributed by atoms with van der Waals surface area (Å²) >= 11 is 0. The first-order valence-electron chi connectivity index (χ1n) is 17.6. The summed E-state index contributed by atoms with van der Waals surface area (Å²) < 4.78 is 5.99. The van der Waals surface area contributed by atoms with Crippen molar-refractivity contribution >= 4 is 60.4 Å². The second-order valence-corrected chi connectivity index (χ2v) is 13.3. The summed E-state index contributed by atoms with van der Waals surface area (Å²) in [5, 5.41) is 3.88. The molecule has 0 N–H and O–H groups in total. The molecule has 53 heavy (non-hydrogen) atoms. The van der Waals surface area contributed by atoms with Crippen molar-refractivity contribution in [2.24, 2.45) is 0 Å². The number of imidazole rings is 1. The van der Waals surface area contributed by atoms with E-state index in [0.29, 0.717) is 17.1 Å². The standard InChI is InChI=1S/C46H28N6O/c53-44-35-19-9-12-22-40(35)52-42-28-31(23-25-38(42)48-46(52)50(44)32-15-5-2-6-16-32)30-24-26-41-36(27-30)33-17-8-11-21-39(33)51(41)45-47-37-20-10-7-18-34(37)43(49-45)29-13-3-1-4-14-29/h1-28H. The van der Waals surface area contributed by atoms with Gasteiger partial charge in [-0.1, -0.05) is 109 Å². The van der Waals surface area contributed by atoms with Crippen LogP contribution >= 0.6 is 0 Å². The minimum atomic E-state index is -0.0945. The number of rotatable bonds is 4. The molecule has 0 bridgehead atoms. The number of fused-ring (bicyclic) bond motifs is 9. The maximum absolute atomic E-state index is 13.9. The highest BCUT2D eigenvalue weighted by Gasteiger charge is 2.20. The summed E-state index contributed by atoms with van der Waals surface area (Å²) in [5.41, 5.74) is 10.3. The van der Waals surface area contributed by atoms with E-state index in [1.165, 1.54) is 0 Å². The fraction of sp³-hybridized carbons (Fsp3) is 0. The lowest BCUT2D eigenvalue weighted by molar-refractivity contribution is 0.983. The first kappa shape index (κ1) is 29.4. The Balaban J connectivity index is 1.13. The van der Waals surface area contributed by atoms with Crippen molar-refractivity contribution in [2.75, 3.05) is 0 Å². The predicted molar refractivity (Wildman–Crippen MR) is 214 cm³/mol. The minimum absolute atomic E-state index is 0.0945.